The second kappa shape index (κ2) is 5.69. The maximum absolute atomic E-state index is 11.9. The molecule has 2 N–H and O–H groups in total. The van der Waals surface area contributed by atoms with Crippen LogP contribution in [0.15, 0.2) is 23.1 Å². The second-order valence-electron chi connectivity index (χ2n) is 3.90. The fourth-order valence-electron chi connectivity index (χ4n) is 1.31. The Morgan fingerprint density at radius 2 is 2.06 bits per heavy atom. The van der Waals surface area contributed by atoms with Crippen molar-refractivity contribution < 1.29 is 23.4 Å². The highest BCUT2D eigenvalue weighted by Crippen LogP contribution is 2.22. The summed E-state index contributed by atoms with van der Waals surface area (Å²) in [7, 11) is -3.56. The van der Waals surface area contributed by atoms with Gasteiger partial charge in [0.2, 0.25) is 0 Å². The average Bonchev–Trinajstić information content (AvgIpc) is 2.26. The van der Waals surface area contributed by atoms with Crippen LogP contribution in [0.2, 0.25) is 5.02 Å². The number of benzene rings is 1. The molecule has 0 amide bonds. The third kappa shape index (κ3) is 3.69. The molecule has 0 bridgehead atoms. The van der Waals surface area contributed by atoms with Crippen LogP contribution in [0, 0.1) is 0 Å². The summed E-state index contributed by atoms with van der Waals surface area (Å²) in [5, 5.41) is 17.7. The van der Waals surface area contributed by atoms with Crippen LogP contribution in [0.5, 0.6) is 0 Å². The maximum atomic E-state index is 11.9. The summed E-state index contributed by atoms with van der Waals surface area (Å²) in [6.07, 6.45) is -0.603. The van der Waals surface area contributed by atoms with Gasteiger partial charge in [0.1, 0.15) is 0 Å². The van der Waals surface area contributed by atoms with E-state index in [1.807, 2.05) is 0 Å². The van der Waals surface area contributed by atoms with Crippen molar-refractivity contribution >= 4 is 27.4 Å². The molecule has 0 aromatic heterocycles. The van der Waals surface area contributed by atoms with E-state index in [4.69, 9.17) is 21.8 Å². The minimum Gasteiger partial charge on any atom is -0.478 e. The van der Waals surface area contributed by atoms with Crippen LogP contribution in [-0.4, -0.2) is 36.5 Å². The molecule has 1 rings (SSSR count). The molecule has 1 aromatic rings. The number of halogens is 1. The van der Waals surface area contributed by atoms with E-state index in [1.165, 1.54) is 13.0 Å². The molecule has 1 atom stereocenters. The van der Waals surface area contributed by atoms with Gasteiger partial charge in [0.25, 0.3) is 0 Å². The molecule has 0 saturated carbocycles. The van der Waals surface area contributed by atoms with Crippen molar-refractivity contribution in [1.82, 2.24) is 0 Å². The fourth-order valence-corrected chi connectivity index (χ4v) is 3.09. The van der Waals surface area contributed by atoms with Gasteiger partial charge in [-0.25, -0.2) is 13.2 Å². The van der Waals surface area contributed by atoms with Crippen LogP contribution < -0.4 is 0 Å². The highest BCUT2D eigenvalue weighted by atomic mass is 35.5. The van der Waals surface area contributed by atoms with Gasteiger partial charge < -0.3 is 10.2 Å². The summed E-state index contributed by atoms with van der Waals surface area (Å²) in [5.74, 6) is -1.43. The van der Waals surface area contributed by atoms with E-state index in [9.17, 15) is 13.2 Å². The fraction of sp³-hybridized carbons (Fsp3) is 0.364. The first-order valence-corrected chi connectivity index (χ1v) is 7.20. The predicted molar refractivity (Wildman–Crippen MR) is 66.8 cm³/mol. The lowest BCUT2D eigenvalue weighted by atomic mass is 10.2. The number of aliphatic hydroxyl groups excluding tert-OH is 1. The molecule has 7 heteroatoms. The zero-order valence-corrected chi connectivity index (χ0v) is 11.2. The molecular formula is C11H13ClO5S. The topological polar surface area (TPSA) is 91.7 Å². The molecule has 1 unspecified atom stereocenters. The van der Waals surface area contributed by atoms with E-state index >= 15 is 0 Å². The number of hydrogen-bond donors (Lipinski definition) is 2. The first-order chi connectivity index (χ1) is 8.24. The molecule has 0 fully saturated rings. The summed E-state index contributed by atoms with van der Waals surface area (Å²) >= 11 is 5.70. The first kappa shape index (κ1) is 14.9. The number of sulfone groups is 1. The number of rotatable bonds is 5. The van der Waals surface area contributed by atoms with Crippen molar-refractivity contribution in [2.75, 3.05) is 5.75 Å². The van der Waals surface area contributed by atoms with Gasteiger partial charge in [0, 0.05) is 0 Å². The molecular weight excluding hydrogens is 280 g/mol. The number of carbonyl (C=O) groups is 1. The quantitative estimate of drug-likeness (QED) is 0.860. The summed E-state index contributed by atoms with van der Waals surface area (Å²) < 4.78 is 23.7. The Hall–Kier alpha value is -1.11. The van der Waals surface area contributed by atoms with E-state index in [-0.39, 0.29) is 27.7 Å². The summed E-state index contributed by atoms with van der Waals surface area (Å²) in [5.41, 5.74) is -0.147. The van der Waals surface area contributed by atoms with Crippen molar-refractivity contribution in [2.45, 2.75) is 24.3 Å². The Morgan fingerprint density at radius 1 is 1.44 bits per heavy atom. The number of carboxylic acid groups (broad SMARTS) is 1. The van der Waals surface area contributed by atoms with Gasteiger partial charge in [-0.15, -0.1) is 0 Å². The molecule has 0 aliphatic heterocycles. The van der Waals surface area contributed by atoms with Gasteiger partial charge in [0.15, 0.2) is 9.84 Å². The zero-order valence-electron chi connectivity index (χ0n) is 9.63. The smallest absolute Gasteiger partial charge is 0.337 e. The highest BCUT2D eigenvalue weighted by molar-refractivity contribution is 7.91. The van der Waals surface area contributed by atoms with Gasteiger partial charge in [-0.1, -0.05) is 11.6 Å². The number of aliphatic hydroxyl groups is 1. The Morgan fingerprint density at radius 3 is 2.50 bits per heavy atom. The van der Waals surface area contributed by atoms with Gasteiger partial charge in [-0.05, 0) is 31.5 Å². The van der Waals surface area contributed by atoms with Gasteiger partial charge in [-0.2, -0.15) is 0 Å². The largest absolute Gasteiger partial charge is 0.478 e. The van der Waals surface area contributed by atoms with Crippen molar-refractivity contribution in [3.05, 3.63) is 28.8 Å². The third-order valence-electron chi connectivity index (χ3n) is 2.33. The molecule has 18 heavy (non-hydrogen) atoms. The lowest BCUT2D eigenvalue weighted by Crippen LogP contribution is -2.13. The molecule has 0 radical (unpaired) electrons. The molecule has 0 aliphatic carbocycles. The molecule has 0 heterocycles. The first-order valence-electron chi connectivity index (χ1n) is 5.17. The van der Waals surface area contributed by atoms with E-state index in [1.54, 1.807) is 0 Å². The van der Waals surface area contributed by atoms with Crippen LogP contribution in [0.1, 0.15) is 23.7 Å². The van der Waals surface area contributed by atoms with Crippen LogP contribution in [0.25, 0.3) is 0 Å². The Balaban J connectivity index is 3.04. The van der Waals surface area contributed by atoms with E-state index in [2.05, 4.69) is 0 Å². The van der Waals surface area contributed by atoms with E-state index in [0.717, 1.165) is 12.1 Å². The van der Waals surface area contributed by atoms with Crippen LogP contribution in [0.3, 0.4) is 0 Å². The minimum atomic E-state index is -3.56. The van der Waals surface area contributed by atoms with Gasteiger partial charge in [0.05, 0.1) is 27.3 Å². The Bertz CT molecular complexity index is 551. The van der Waals surface area contributed by atoms with Gasteiger partial charge in [-0.3, -0.25) is 0 Å². The lowest BCUT2D eigenvalue weighted by molar-refractivity contribution is 0.0697. The monoisotopic (exact) mass is 292 g/mol. The molecule has 100 valence electrons. The van der Waals surface area contributed by atoms with E-state index in [0.29, 0.717) is 0 Å². The van der Waals surface area contributed by atoms with Crippen LogP contribution in [0.4, 0.5) is 0 Å². The normalized spacial score (nSPS) is 13.3. The third-order valence-corrected chi connectivity index (χ3v) is 4.39. The summed E-state index contributed by atoms with van der Waals surface area (Å²) in [4.78, 5) is 10.7. The predicted octanol–water partition coefficient (Wildman–Crippen LogP) is 1.58. The van der Waals surface area contributed by atoms with Crippen molar-refractivity contribution in [3.8, 4) is 0 Å². The second-order valence-corrected chi connectivity index (χ2v) is 6.42. The van der Waals surface area contributed by atoms with Crippen molar-refractivity contribution in [1.29, 1.82) is 0 Å². The summed E-state index contributed by atoms with van der Waals surface area (Å²) in [6.45, 7) is 1.50. The minimum absolute atomic E-state index is 0.0434. The van der Waals surface area contributed by atoms with Gasteiger partial charge >= 0.3 is 5.97 Å². The van der Waals surface area contributed by atoms with Crippen molar-refractivity contribution in [2.24, 2.45) is 0 Å². The van der Waals surface area contributed by atoms with Crippen molar-refractivity contribution in [3.63, 3.8) is 0 Å². The average molecular weight is 293 g/mol. The SMILES string of the molecule is CC(O)CCS(=O)(=O)c1ccc(C(=O)O)c(Cl)c1. The highest BCUT2D eigenvalue weighted by Gasteiger charge is 2.18. The number of aromatic carboxylic acids is 1. The molecule has 0 aliphatic rings. The van der Waals surface area contributed by atoms with E-state index < -0.39 is 21.9 Å². The lowest BCUT2D eigenvalue weighted by Gasteiger charge is -2.07. The number of carboxylic acids is 1. The maximum Gasteiger partial charge on any atom is 0.337 e. The molecule has 0 saturated heterocycles. The van der Waals surface area contributed by atoms with Crippen LogP contribution >= 0.6 is 11.6 Å². The van der Waals surface area contributed by atoms with Crippen LogP contribution in [-0.2, 0) is 9.84 Å². The Kier molecular flexibility index (Phi) is 4.72. The molecule has 1 aromatic carbocycles. The summed E-state index contributed by atoms with van der Waals surface area (Å²) in [6, 6.07) is 3.47. The standard InChI is InChI=1S/C11H13ClO5S/c1-7(13)4-5-18(16,17)8-2-3-9(11(14)15)10(12)6-8/h2-3,6-7,13H,4-5H2,1H3,(H,14,15). The zero-order chi connectivity index (χ0) is 13.9. The molecule has 0 spiro atoms. The Labute approximate surface area is 110 Å². The number of hydrogen-bond acceptors (Lipinski definition) is 4. The molecule has 5 nitrogen and oxygen atoms in total.